The molecule has 2 saturated heterocycles. The van der Waals surface area contributed by atoms with Gasteiger partial charge >= 0.3 is 12.1 Å². The van der Waals surface area contributed by atoms with Crippen LogP contribution < -0.4 is 16.0 Å². The average Bonchev–Trinajstić information content (AvgIpc) is 3.22. The van der Waals surface area contributed by atoms with Crippen LogP contribution in [0.1, 0.15) is 54.4 Å². The van der Waals surface area contributed by atoms with Crippen LogP contribution in [0.2, 0.25) is 0 Å². The Bertz CT molecular complexity index is 904. The summed E-state index contributed by atoms with van der Waals surface area (Å²) in [6.07, 6.45) is 1.27. The number of hydrogen-bond donors (Lipinski definition) is 3. The smallest absolute Gasteiger partial charge is 0.356 e. The van der Waals surface area contributed by atoms with Gasteiger partial charge in [-0.25, -0.2) is 0 Å². The zero-order valence-electron chi connectivity index (χ0n) is 21.0. The van der Waals surface area contributed by atoms with Crippen molar-refractivity contribution in [2.45, 2.75) is 78.7 Å². The van der Waals surface area contributed by atoms with E-state index in [2.05, 4.69) is 16.6 Å². The maximum Gasteiger partial charge on any atom is 0.471 e. The largest absolute Gasteiger partial charge is 0.471 e. The summed E-state index contributed by atoms with van der Waals surface area (Å²) in [5, 5.41) is 7.27. The van der Waals surface area contributed by atoms with E-state index in [9.17, 15) is 32.3 Å². The molecule has 4 amide bonds. The first kappa shape index (κ1) is 28.5. The van der Waals surface area contributed by atoms with E-state index in [1.807, 2.05) is 12.2 Å². The van der Waals surface area contributed by atoms with Gasteiger partial charge in [-0.15, -0.1) is 6.42 Å². The summed E-state index contributed by atoms with van der Waals surface area (Å²) in [4.78, 5) is 51.8. The molecule has 2 fully saturated rings. The summed E-state index contributed by atoms with van der Waals surface area (Å²) in [6.45, 7) is 10.7. The Morgan fingerprint density at radius 1 is 1.23 bits per heavy atom. The molecule has 0 radical (unpaired) electrons. The third-order valence-electron chi connectivity index (χ3n) is 7.14. The minimum Gasteiger partial charge on any atom is -0.356 e. The molecule has 0 saturated carbocycles. The van der Waals surface area contributed by atoms with E-state index in [1.54, 1.807) is 13.8 Å². The lowest BCUT2D eigenvalue weighted by molar-refractivity contribution is -0.176. The topological polar surface area (TPSA) is 108 Å². The minimum absolute atomic E-state index is 0.115. The summed E-state index contributed by atoms with van der Waals surface area (Å²) in [6, 6.07) is -3.31. The van der Waals surface area contributed by atoms with Crippen LogP contribution in [0.15, 0.2) is 0 Å². The molecular weight excluding hydrogens is 465 g/mol. The number of nitrogens with zero attached hydrogens (tertiary/aromatic N) is 1. The predicted octanol–water partition coefficient (Wildman–Crippen LogP) is 1.60. The van der Waals surface area contributed by atoms with E-state index in [-0.39, 0.29) is 30.7 Å². The molecule has 0 aromatic carbocycles. The van der Waals surface area contributed by atoms with E-state index in [0.29, 0.717) is 13.0 Å². The Hall–Kier alpha value is -2.77. The minimum atomic E-state index is -5.16. The Kier molecular flexibility index (Phi) is 8.19. The Morgan fingerprint density at radius 3 is 2.29 bits per heavy atom. The van der Waals surface area contributed by atoms with Crippen molar-refractivity contribution in [3.8, 4) is 12.3 Å². The molecule has 2 heterocycles. The van der Waals surface area contributed by atoms with E-state index in [4.69, 9.17) is 6.42 Å². The standard InChI is InChI=1S/C24H35F3N4O4/c1-8-15(11-14-9-10-28-18(14)32)29-19(33)17-23(6,7)13(2)12-31(17)20(34)16(22(3,4)5)30-21(35)24(25,26)27/h1,13-17H,9-12H2,2-7H3,(H,28,32)(H,29,33)(H,30,35)/t13-,14+,15-,16-,17-/m1/s1. The fourth-order valence-corrected chi connectivity index (χ4v) is 4.60. The van der Waals surface area contributed by atoms with Crippen molar-refractivity contribution in [1.29, 1.82) is 0 Å². The number of terminal acetylenes is 1. The van der Waals surface area contributed by atoms with Gasteiger partial charge in [-0.2, -0.15) is 13.2 Å². The molecule has 2 aliphatic rings. The SMILES string of the molecule is C#C[C@H](C[C@@H]1CCNC1=O)NC(=O)[C@H]1N(C(=O)[C@@H](NC(=O)C(F)(F)F)C(C)(C)C)C[C@@H](C)C1(C)C. The molecule has 0 aliphatic carbocycles. The number of rotatable bonds is 6. The first-order valence-corrected chi connectivity index (χ1v) is 11.6. The summed E-state index contributed by atoms with van der Waals surface area (Å²) >= 11 is 0. The van der Waals surface area contributed by atoms with Crippen molar-refractivity contribution >= 4 is 23.6 Å². The van der Waals surface area contributed by atoms with Crippen LogP contribution in [-0.4, -0.2) is 65.9 Å². The van der Waals surface area contributed by atoms with Crippen LogP contribution in [0.25, 0.3) is 0 Å². The molecule has 0 bridgehead atoms. The molecule has 3 N–H and O–H groups in total. The van der Waals surface area contributed by atoms with Crippen molar-refractivity contribution in [3.05, 3.63) is 0 Å². The maximum absolute atomic E-state index is 13.6. The number of carbonyl (C=O) groups is 4. The number of hydrogen-bond acceptors (Lipinski definition) is 4. The third-order valence-corrected chi connectivity index (χ3v) is 7.14. The summed E-state index contributed by atoms with van der Waals surface area (Å²) in [7, 11) is 0. The highest BCUT2D eigenvalue weighted by Gasteiger charge is 2.54. The molecule has 0 aromatic rings. The lowest BCUT2D eigenvalue weighted by atomic mass is 9.77. The molecule has 5 atom stereocenters. The number of likely N-dealkylation sites (tertiary alicyclic amines) is 1. The number of amides is 4. The Morgan fingerprint density at radius 2 is 1.83 bits per heavy atom. The van der Waals surface area contributed by atoms with Crippen molar-refractivity contribution in [2.75, 3.05) is 13.1 Å². The highest BCUT2D eigenvalue weighted by atomic mass is 19.4. The van der Waals surface area contributed by atoms with Gasteiger partial charge in [0.1, 0.15) is 12.1 Å². The molecule has 0 unspecified atom stereocenters. The van der Waals surface area contributed by atoms with Gasteiger partial charge in [0, 0.05) is 19.0 Å². The number of alkyl halides is 3. The second-order valence-electron chi connectivity index (χ2n) is 11.1. The molecular formula is C24H35F3N4O4. The highest BCUT2D eigenvalue weighted by molar-refractivity contribution is 5.94. The molecule has 11 heteroatoms. The maximum atomic E-state index is 13.6. The predicted molar refractivity (Wildman–Crippen MR) is 122 cm³/mol. The van der Waals surface area contributed by atoms with Gasteiger partial charge in [0.15, 0.2) is 0 Å². The van der Waals surface area contributed by atoms with Gasteiger partial charge in [0.25, 0.3) is 0 Å². The number of carbonyl (C=O) groups excluding carboxylic acids is 4. The van der Waals surface area contributed by atoms with Crippen LogP contribution >= 0.6 is 0 Å². The second kappa shape index (κ2) is 10.1. The lowest BCUT2D eigenvalue weighted by Crippen LogP contribution is -2.61. The van der Waals surface area contributed by atoms with Crippen LogP contribution in [-0.2, 0) is 19.2 Å². The summed E-state index contributed by atoms with van der Waals surface area (Å²) in [5.74, 6) is -1.73. The van der Waals surface area contributed by atoms with Crippen molar-refractivity contribution < 1.29 is 32.3 Å². The van der Waals surface area contributed by atoms with Crippen molar-refractivity contribution in [1.82, 2.24) is 20.9 Å². The zero-order valence-corrected chi connectivity index (χ0v) is 21.0. The van der Waals surface area contributed by atoms with E-state index < -0.39 is 52.9 Å². The molecule has 0 spiro atoms. The van der Waals surface area contributed by atoms with Crippen LogP contribution in [0.4, 0.5) is 13.2 Å². The van der Waals surface area contributed by atoms with Gasteiger partial charge in [-0.05, 0) is 29.6 Å². The summed E-state index contributed by atoms with van der Waals surface area (Å²) in [5.41, 5.74) is -1.80. The van der Waals surface area contributed by atoms with E-state index in [0.717, 1.165) is 0 Å². The van der Waals surface area contributed by atoms with Gasteiger partial charge in [-0.1, -0.05) is 47.5 Å². The van der Waals surface area contributed by atoms with Gasteiger partial charge in [0.05, 0.1) is 6.04 Å². The second-order valence-corrected chi connectivity index (χ2v) is 11.1. The molecule has 2 rings (SSSR count). The first-order chi connectivity index (χ1) is 15.9. The molecule has 196 valence electrons. The fraction of sp³-hybridized carbons (Fsp3) is 0.750. The normalized spacial score (nSPS) is 25.9. The average molecular weight is 501 g/mol. The molecule has 8 nitrogen and oxygen atoms in total. The molecule has 35 heavy (non-hydrogen) atoms. The van der Waals surface area contributed by atoms with Crippen molar-refractivity contribution in [2.24, 2.45) is 22.7 Å². The fourth-order valence-electron chi connectivity index (χ4n) is 4.60. The molecule has 0 aromatic heterocycles. The zero-order chi connectivity index (χ0) is 26.9. The third kappa shape index (κ3) is 6.27. The summed E-state index contributed by atoms with van der Waals surface area (Å²) < 4.78 is 38.9. The van der Waals surface area contributed by atoms with Gasteiger partial charge in [0.2, 0.25) is 17.7 Å². The number of halogens is 3. The highest BCUT2D eigenvalue weighted by Crippen LogP contribution is 2.42. The van der Waals surface area contributed by atoms with E-state index >= 15 is 0 Å². The van der Waals surface area contributed by atoms with Gasteiger partial charge in [-0.3, -0.25) is 19.2 Å². The van der Waals surface area contributed by atoms with Crippen LogP contribution in [0.3, 0.4) is 0 Å². The Labute approximate surface area is 204 Å². The molecule has 2 aliphatic heterocycles. The number of nitrogens with one attached hydrogen (secondary N) is 3. The van der Waals surface area contributed by atoms with Crippen LogP contribution in [0, 0.1) is 35.0 Å². The first-order valence-electron chi connectivity index (χ1n) is 11.6. The lowest BCUT2D eigenvalue weighted by Gasteiger charge is -2.38. The quantitative estimate of drug-likeness (QED) is 0.482. The monoisotopic (exact) mass is 500 g/mol. The van der Waals surface area contributed by atoms with Crippen molar-refractivity contribution in [3.63, 3.8) is 0 Å². The van der Waals surface area contributed by atoms with Crippen LogP contribution in [0.5, 0.6) is 0 Å². The van der Waals surface area contributed by atoms with Gasteiger partial charge < -0.3 is 20.9 Å². The Balaban J connectivity index is 2.31. The van der Waals surface area contributed by atoms with E-state index in [1.165, 1.54) is 25.7 Å².